The Bertz CT molecular complexity index is 899. The molecule has 150 valence electrons. The maximum Gasteiger partial charge on any atom is 0.314 e. The number of likely N-dealkylation sites (tertiary alicyclic amines) is 1. The number of carboxylic acids is 1. The zero-order valence-electron chi connectivity index (χ0n) is 15.6. The number of aliphatic hydroxyl groups excluding tert-OH is 1. The number of amides is 1. The molecule has 1 amide bonds. The summed E-state index contributed by atoms with van der Waals surface area (Å²) in [6, 6.07) is 7.02. The van der Waals surface area contributed by atoms with Gasteiger partial charge in [0.25, 0.3) is 5.91 Å². The van der Waals surface area contributed by atoms with Crippen molar-refractivity contribution in [2.45, 2.75) is 18.9 Å². The number of rotatable bonds is 5. The largest absolute Gasteiger partial charge is 0.497 e. The number of aliphatic carboxylic acids is 1. The van der Waals surface area contributed by atoms with Crippen LogP contribution in [0.15, 0.2) is 30.5 Å². The second-order valence-corrected chi connectivity index (χ2v) is 7.43. The molecule has 0 aliphatic carbocycles. The van der Waals surface area contributed by atoms with Crippen LogP contribution in [0.4, 0.5) is 0 Å². The first-order chi connectivity index (χ1) is 13.3. The van der Waals surface area contributed by atoms with E-state index in [1.165, 1.54) is 22.9 Å². The first-order valence-corrected chi connectivity index (χ1v) is 9.17. The van der Waals surface area contributed by atoms with Crippen molar-refractivity contribution in [3.8, 4) is 5.75 Å². The summed E-state index contributed by atoms with van der Waals surface area (Å²) < 4.78 is 6.62. The van der Waals surface area contributed by atoms with Crippen molar-refractivity contribution < 1.29 is 24.5 Å². The first kappa shape index (κ1) is 20.2. The van der Waals surface area contributed by atoms with Crippen LogP contribution in [-0.2, 0) is 18.3 Å². The van der Waals surface area contributed by atoms with Gasteiger partial charge >= 0.3 is 5.97 Å². The van der Waals surface area contributed by atoms with Gasteiger partial charge in [0, 0.05) is 26.3 Å². The van der Waals surface area contributed by atoms with Gasteiger partial charge in [-0.2, -0.15) is 5.10 Å². The lowest BCUT2D eigenvalue weighted by Crippen LogP contribution is -2.58. The van der Waals surface area contributed by atoms with E-state index in [0.29, 0.717) is 11.3 Å². The van der Waals surface area contributed by atoms with Gasteiger partial charge in [0.15, 0.2) is 5.69 Å². The quantitative estimate of drug-likeness (QED) is 0.780. The number of aliphatic hydroxyl groups is 1. The fraction of sp³-hybridized carbons (Fsp3) is 0.421. The van der Waals surface area contributed by atoms with Gasteiger partial charge in [-0.1, -0.05) is 23.7 Å². The zero-order chi connectivity index (χ0) is 20.5. The number of carboxylic acid groups (broad SMARTS) is 1. The van der Waals surface area contributed by atoms with E-state index in [9.17, 15) is 19.8 Å². The summed E-state index contributed by atoms with van der Waals surface area (Å²) in [7, 11) is 3.17. The van der Waals surface area contributed by atoms with Crippen LogP contribution in [0.25, 0.3) is 0 Å². The fourth-order valence-electron chi connectivity index (χ4n) is 3.61. The molecule has 2 heterocycles. The van der Waals surface area contributed by atoms with Crippen molar-refractivity contribution in [3.05, 3.63) is 46.7 Å². The van der Waals surface area contributed by atoms with Gasteiger partial charge in [0.05, 0.1) is 18.2 Å². The average molecular weight is 408 g/mol. The summed E-state index contributed by atoms with van der Waals surface area (Å²) in [5.74, 6) is -1.02. The third-order valence-corrected chi connectivity index (χ3v) is 5.41. The van der Waals surface area contributed by atoms with Crippen molar-refractivity contribution in [1.82, 2.24) is 14.7 Å². The normalized spacial score (nSPS) is 22.1. The Kier molecular flexibility index (Phi) is 5.62. The van der Waals surface area contributed by atoms with Gasteiger partial charge in [-0.05, 0) is 30.5 Å². The lowest BCUT2D eigenvalue weighted by atomic mass is 9.72. The lowest BCUT2D eigenvalue weighted by molar-refractivity contribution is -0.161. The maximum atomic E-state index is 12.9. The Hall–Kier alpha value is -2.58. The molecule has 8 nitrogen and oxygen atoms in total. The van der Waals surface area contributed by atoms with E-state index < -0.39 is 23.4 Å². The Balaban J connectivity index is 1.91. The molecule has 9 heteroatoms. The average Bonchev–Trinajstić information content (AvgIpc) is 3.01. The minimum absolute atomic E-state index is 0.0560. The van der Waals surface area contributed by atoms with Crippen molar-refractivity contribution in [2.24, 2.45) is 12.5 Å². The number of hydrogen-bond acceptors (Lipinski definition) is 5. The molecule has 0 bridgehead atoms. The van der Waals surface area contributed by atoms with Crippen LogP contribution in [0.2, 0.25) is 5.02 Å². The SMILES string of the molecule is COc1cccc(C[C@@]2(C(=O)O)CN(C(=O)c3nn(C)cc3Cl)CC[C@H]2O)c1. The number of aromatic nitrogens is 2. The van der Waals surface area contributed by atoms with Crippen molar-refractivity contribution in [1.29, 1.82) is 0 Å². The second-order valence-electron chi connectivity index (χ2n) is 7.02. The molecule has 1 aromatic heterocycles. The van der Waals surface area contributed by atoms with E-state index >= 15 is 0 Å². The van der Waals surface area contributed by atoms with Crippen LogP contribution in [0, 0.1) is 5.41 Å². The van der Waals surface area contributed by atoms with Gasteiger partial charge in [-0.3, -0.25) is 14.3 Å². The van der Waals surface area contributed by atoms with Crippen LogP contribution in [-0.4, -0.2) is 63.1 Å². The Labute approximate surface area is 167 Å². The van der Waals surface area contributed by atoms with Gasteiger partial charge in [0.1, 0.15) is 11.2 Å². The number of halogens is 1. The highest BCUT2D eigenvalue weighted by atomic mass is 35.5. The molecule has 0 unspecified atom stereocenters. The number of hydrogen-bond donors (Lipinski definition) is 2. The molecule has 0 spiro atoms. The van der Waals surface area contributed by atoms with Crippen molar-refractivity contribution in [3.63, 3.8) is 0 Å². The number of ether oxygens (including phenoxy) is 1. The third-order valence-electron chi connectivity index (χ3n) is 5.14. The van der Waals surface area contributed by atoms with E-state index in [1.54, 1.807) is 31.3 Å². The molecule has 1 aliphatic heterocycles. The monoisotopic (exact) mass is 407 g/mol. The summed E-state index contributed by atoms with van der Waals surface area (Å²) in [6.45, 7) is 0.0759. The molecule has 1 saturated heterocycles. The van der Waals surface area contributed by atoms with E-state index in [0.717, 1.165) is 0 Å². The molecule has 0 saturated carbocycles. The highest BCUT2D eigenvalue weighted by Crippen LogP contribution is 2.36. The molecule has 2 N–H and O–H groups in total. The van der Waals surface area contributed by atoms with Crippen molar-refractivity contribution >= 4 is 23.5 Å². The van der Waals surface area contributed by atoms with Gasteiger partial charge in [-0.25, -0.2) is 0 Å². The summed E-state index contributed by atoms with van der Waals surface area (Å²) >= 11 is 6.07. The van der Waals surface area contributed by atoms with Crippen LogP contribution in [0.1, 0.15) is 22.5 Å². The zero-order valence-corrected chi connectivity index (χ0v) is 16.4. The Morgan fingerprint density at radius 2 is 2.18 bits per heavy atom. The van der Waals surface area contributed by atoms with E-state index in [-0.39, 0.29) is 36.6 Å². The highest BCUT2D eigenvalue weighted by molar-refractivity contribution is 6.33. The molecular weight excluding hydrogens is 386 g/mol. The molecule has 1 fully saturated rings. The maximum absolute atomic E-state index is 12.9. The van der Waals surface area contributed by atoms with Crippen LogP contribution < -0.4 is 4.74 Å². The van der Waals surface area contributed by atoms with Gasteiger partial charge < -0.3 is 19.8 Å². The van der Waals surface area contributed by atoms with E-state index in [1.807, 2.05) is 0 Å². The second kappa shape index (κ2) is 7.81. The highest BCUT2D eigenvalue weighted by Gasteiger charge is 2.50. The minimum Gasteiger partial charge on any atom is -0.497 e. The van der Waals surface area contributed by atoms with Crippen molar-refractivity contribution in [2.75, 3.05) is 20.2 Å². The number of carbonyl (C=O) groups excluding carboxylic acids is 1. The fourth-order valence-corrected chi connectivity index (χ4v) is 3.87. The van der Waals surface area contributed by atoms with Crippen LogP contribution >= 0.6 is 11.6 Å². The lowest BCUT2D eigenvalue weighted by Gasteiger charge is -2.43. The number of carbonyl (C=O) groups is 2. The Morgan fingerprint density at radius 3 is 2.79 bits per heavy atom. The Morgan fingerprint density at radius 1 is 1.43 bits per heavy atom. The standard InChI is InChI=1S/C19H22ClN3O5/c1-22-10-14(20)16(21-22)17(25)23-7-6-15(24)19(11-23,18(26)27)9-12-4-3-5-13(8-12)28-2/h3-5,8,10,15,24H,6-7,9,11H2,1-2H3,(H,26,27)/t15-,19-/m1/s1. The first-order valence-electron chi connectivity index (χ1n) is 8.79. The van der Waals surface area contributed by atoms with E-state index in [4.69, 9.17) is 16.3 Å². The predicted molar refractivity (Wildman–Crippen MR) is 102 cm³/mol. The molecule has 1 aliphatic rings. The number of nitrogens with zero attached hydrogens (tertiary/aromatic N) is 3. The summed E-state index contributed by atoms with van der Waals surface area (Å²) in [5.41, 5.74) is -0.770. The smallest absolute Gasteiger partial charge is 0.314 e. The van der Waals surface area contributed by atoms with E-state index in [2.05, 4.69) is 5.10 Å². The summed E-state index contributed by atoms with van der Waals surface area (Å²) in [4.78, 5) is 26.5. The third kappa shape index (κ3) is 3.70. The number of methoxy groups -OCH3 is 1. The van der Waals surface area contributed by atoms with Gasteiger partial charge in [-0.15, -0.1) is 0 Å². The molecule has 2 aromatic rings. The topological polar surface area (TPSA) is 105 Å². The van der Waals surface area contributed by atoms with Gasteiger partial charge in [0.2, 0.25) is 0 Å². The molecule has 0 radical (unpaired) electrons. The molecule has 1 aromatic carbocycles. The number of benzene rings is 1. The molecular formula is C19H22ClN3O5. The summed E-state index contributed by atoms with van der Waals surface area (Å²) in [6.07, 6.45) is 0.612. The molecule has 28 heavy (non-hydrogen) atoms. The molecule has 2 atom stereocenters. The predicted octanol–water partition coefficient (Wildman–Crippen LogP) is 1.60. The number of aryl methyl sites for hydroxylation is 1. The van der Waals surface area contributed by atoms with Crippen LogP contribution in [0.3, 0.4) is 0 Å². The number of piperidine rings is 1. The minimum atomic E-state index is -1.54. The van der Waals surface area contributed by atoms with Crippen LogP contribution in [0.5, 0.6) is 5.75 Å². The summed E-state index contributed by atoms with van der Waals surface area (Å²) in [5, 5.41) is 24.9. The molecule has 3 rings (SSSR count).